The number of nitrogens with one attached hydrogen (secondary N) is 1. The van der Waals surface area contributed by atoms with E-state index in [1.54, 1.807) is 36.5 Å². The zero-order valence-electron chi connectivity index (χ0n) is 10.4. The van der Waals surface area contributed by atoms with Gasteiger partial charge >= 0.3 is 0 Å². The van der Waals surface area contributed by atoms with Crippen LogP contribution in [-0.4, -0.2) is 16.8 Å². The van der Waals surface area contributed by atoms with Gasteiger partial charge in [0.25, 0.3) is 5.91 Å². The molecule has 2 aromatic rings. The van der Waals surface area contributed by atoms with Crippen molar-refractivity contribution in [1.82, 2.24) is 10.3 Å². The van der Waals surface area contributed by atoms with Crippen LogP contribution >= 0.6 is 15.9 Å². The van der Waals surface area contributed by atoms with Gasteiger partial charge in [0.15, 0.2) is 0 Å². The highest BCUT2D eigenvalue weighted by Crippen LogP contribution is 2.14. The lowest BCUT2D eigenvalue weighted by atomic mass is 10.1. The standard InChI is InChI=1S/C14H12BrN3O2/c15-11-6-10(7-17-8-11)14(20)18-12(13(16)19)9-4-2-1-3-5-9/h1-8,12H,(H2,16,19)(H,18,20)/t12-/m0/s1. The first-order valence-corrected chi connectivity index (χ1v) is 6.63. The quantitative estimate of drug-likeness (QED) is 0.894. The van der Waals surface area contributed by atoms with Crippen molar-refractivity contribution in [3.8, 4) is 0 Å². The second-order valence-electron chi connectivity index (χ2n) is 4.11. The number of nitrogens with two attached hydrogens (primary N) is 1. The highest BCUT2D eigenvalue weighted by atomic mass is 79.9. The molecule has 0 saturated carbocycles. The molecular formula is C14H12BrN3O2. The van der Waals surface area contributed by atoms with Crippen LogP contribution in [0.4, 0.5) is 0 Å². The van der Waals surface area contributed by atoms with E-state index >= 15 is 0 Å². The van der Waals surface area contributed by atoms with Crippen LogP contribution in [-0.2, 0) is 4.79 Å². The van der Waals surface area contributed by atoms with Crippen LogP contribution in [0.1, 0.15) is 22.0 Å². The molecule has 5 nitrogen and oxygen atoms in total. The van der Waals surface area contributed by atoms with E-state index in [4.69, 9.17) is 5.73 Å². The minimum Gasteiger partial charge on any atom is -0.368 e. The Morgan fingerprint density at radius 3 is 2.50 bits per heavy atom. The molecule has 0 fully saturated rings. The van der Waals surface area contributed by atoms with Crippen molar-refractivity contribution in [2.45, 2.75) is 6.04 Å². The zero-order chi connectivity index (χ0) is 14.5. The summed E-state index contributed by atoms with van der Waals surface area (Å²) in [7, 11) is 0. The first kappa shape index (κ1) is 14.2. The van der Waals surface area contributed by atoms with Crippen molar-refractivity contribution in [2.75, 3.05) is 0 Å². The Bertz CT molecular complexity index is 631. The average molecular weight is 334 g/mol. The molecule has 102 valence electrons. The van der Waals surface area contributed by atoms with Crippen molar-refractivity contribution < 1.29 is 9.59 Å². The molecule has 6 heteroatoms. The predicted molar refractivity (Wildman–Crippen MR) is 77.8 cm³/mol. The van der Waals surface area contributed by atoms with E-state index in [0.29, 0.717) is 15.6 Å². The molecule has 0 aliphatic carbocycles. The predicted octanol–water partition coefficient (Wildman–Crippen LogP) is 1.80. The molecule has 0 aliphatic heterocycles. The van der Waals surface area contributed by atoms with E-state index in [1.165, 1.54) is 6.20 Å². The molecular weight excluding hydrogens is 322 g/mol. The maximum Gasteiger partial charge on any atom is 0.253 e. The third-order valence-corrected chi connectivity index (χ3v) is 3.09. The molecule has 2 amide bonds. The van der Waals surface area contributed by atoms with Crippen molar-refractivity contribution in [3.63, 3.8) is 0 Å². The number of carbonyl (C=O) groups excluding carboxylic acids is 2. The average Bonchev–Trinajstić information content (AvgIpc) is 2.45. The molecule has 0 aliphatic rings. The van der Waals surface area contributed by atoms with Crippen LogP contribution < -0.4 is 11.1 Å². The van der Waals surface area contributed by atoms with Gasteiger partial charge in [-0.25, -0.2) is 0 Å². The molecule has 0 radical (unpaired) electrons. The summed E-state index contributed by atoms with van der Waals surface area (Å²) in [6, 6.07) is 9.58. The third-order valence-electron chi connectivity index (χ3n) is 2.66. The fourth-order valence-corrected chi connectivity index (χ4v) is 2.08. The van der Waals surface area contributed by atoms with Crippen molar-refractivity contribution in [3.05, 3.63) is 64.4 Å². The second-order valence-corrected chi connectivity index (χ2v) is 5.03. The van der Waals surface area contributed by atoms with Gasteiger partial charge in [0.1, 0.15) is 6.04 Å². The van der Waals surface area contributed by atoms with Gasteiger partial charge in [-0.1, -0.05) is 30.3 Å². The van der Waals surface area contributed by atoms with Crippen LogP contribution in [0.2, 0.25) is 0 Å². The summed E-state index contributed by atoms with van der Waals surface area (Å²) < 4.78 is 0.681. The smallest absolute Gasteiger partial charge is 0.253 e. The van der Waals surface area contributed by atoms with E-state index in [1.807, 2.05) is 6.07 Å². The monoisotopic (exact) mass is 333 g/mol. The Morgan fingerprint density at radius 1 is 1.20 bits per heavy atom. The summed E-state index contributed by atoms with van der Waals surface area (Å²) in [6.45, 7) is 0. The number of primary amides is 1. The largest absolute Gasteiger partial charge is 0.368 e. The minimum absolute atomic E-state index is 0.349. The molecule has 1 heterocycles. The first-order valence-electron chi connectivity index (χ1n) is 5.83. The number of hydrogen-bond donors (Lipinski definition) is 2. The third kappa shape index (κ3) is 3.42. The van der Waals surface area contributed by atoms with Gasteiger partial charge in [0.05, 0.1) is 5.56 Å². The molecule has 0 spiro atoms. The number of pyridine rings is 1. The van der Waals surface area contributed by atoms with Crippen LogP contribution in [0.15, 0.2) is 53.3 Å². The summed E-state index contributed by atoms with van der Waals surface area (Å²) in [4.78, 5) is 27.5. The summed E-state index contributed by atoms with van der Waals surface area (Å²) in [6.07, 6.45) is 2.99. The van der Waals surface area contributed by atoms with E-state index in [-0.39, 0.29) is 0 Å². The van der Waals surface area contributed by atoms with E-state index < -0.39 is 17.9 Å². The van der Waals surface area contributed by atoms with E-state index in [0.717, 1.165) is 0 Å². The highest BCUT2D eigenvalue weighted by molar-refractivity contribution is 9.10. The molecule has 3 N–H and O–H groups in total. The maximum absolute atomic E-state index is 12.1. The minimum atomic E-state index is -0.873. The number of benzene rings is 1. The lowest BCUT2D eigenvalue weighted by Gasteiger charge is -2.15. The fourth-order valence-electron chi connectivity index (χ4n) is 1.71. The van der Waals surface area contributed by atoms with Crippen molar-refractivity contribution >= 4 is 27.7 Å². The second kappa shape index (κ2) is 6.29. The highest BCUT2D eigenvalue weighted by Gasteiger charge is 2.20. The molecule has 1 aromatic heterocycles. The Balaban J connectivity index is 2.21. The number of rotatable bonds is 4. The number of nitrogens with zero attached hydrogens (tertiary/aromatic N) is 1. The summed E-state index contributed by atoms with van der Waals surface area (Å²) in [5.41, 5.74) is 6.33. The van der Waals surface area contributed by atoms with Crippen LogP contribution in [0.5, 0.6) is 0 Å². The van der Waals surface area contributed by atoms with Gasteiger partial charge in [-0.2, -0.15) is 0 Å². The first-order chi connectivity index (χ1) is 9.58. The molecule has 1 atom stereocenters. The molecule has 0 unspecified atom stereocenters. The number of halogens is 1. The van der Waals surface area contributed by atoms with Gasteiger partial charge in [0, 0.05) is 16.9 Å². The summed E-state index contributed by atoms with van der Waals surface area (Å²) >= 11 is 3.24. The number of hydrogen-bond acceptors (Lipinski definition) is 3. The summed E-state index contributed by atoms with van der Waals surface area (Å²) in [5.74, 6) is -1.03. The topological polar surface area (TPSA) is 85.1 Å². The molecule has 0 bridgehead atoms. The molecule has 1 aromatic carbocycles. The van der Waals surface area contributed by atoms with Crippen molar-refractivity contribution in [2.24, 2.45) is 5.73 Å². The number of amides is 2. The normalized spacial score (nSPS) is 11.7. The Labute approximate surface area is 124 Å². The fraction of sp³-hybridized carbons (Fsp3) is 0.0714. The zero-order valence-corrected chi connectivity index (χ0v) is 12.0. The van der Waals surface area contributed by atoms with Gasteiger partial charge in [-0.05, 0) is 27.6 Å². The van der Waals surface area contributed by atoms with Gasteiger partial charge in [0.2, 0.25) is 5.91 Å². The van der Waals surface area contributed by atoms with Crippen LogP contribution in [0, 0.1) is 0 Å². The maximum atomic E-state index is 12.1. The lowest BCUT2D eigenvalue weighted by Crippen LogP contribution is -2.37. The van der Waals surface area contributed by atoms with Gasteiger partial charge in [-0.3, -0.25) is 14.6 Å². The SMILES string of the molecule is NC(=O)[C@@H](NC(=O)c1cncc(Br)c1)c1ccccc1. The molecule has 2 rings (SSSR count). The van der Waals surface area contributed by atoms with Crippen LogP contribution in [0.3, 0.4) is 0 Å². The Kier molecular flexibility index (Phi) is 4.47. The number of carbonyl (C=O) groups is 2. The lowest BCUT2D eigenvalue weighted by molar-refractivity contribution is -0.120. The van der Waals surface area contributed by atoms with Gasteiger partial charge < -0.3 is 11.1 Å². The molecule has 20 heavy (non-hydrogen) atoms. The Morgan fingerprint density at radius 2 is 1.90 bits per heavy atom. The van der Waals surface area contributed by atoms with Crippen LogP contribution in [0.25, 0.3) is 0 Å². The van der Waals surface area contributed by atoms with Crippen molar-refractivity contribution in [1.29, 1.82) is 0 Å². The van der Waals surface area contributed by atoms with E-state index in [2.05, 4.69) is 26.2 Å². The number of aromatic nitrogens is 1. The van der Waals surface area contributed by atoms with Gasteiger partial charge in [-0.15, -0.1) is 0 Å². The van der Waals surface area contributed by atoms with E-state index in [9.17, 15) is 9.59 Å². The Hall–Kier alpha value is -2.21. The molecule has 0 saturated heterocycles. The summed E-state index contributed by atoms with van der Waals surface area (Å²) in [5, 5.41) is 2.60.